The fourth-order valence-corrected chi connectivity index (χ4v) is 5.68. The third kappa shape index (κ3) is 4.96. The van der Waals surface area contributed by atoms with Gasteiger partial charge in [0.25, 0.3) is 0 Å². The van der Waals surface area contributed by atoms with E-state index < -0.39 is 0 Å². The van der Waals surface area contributed by atoms with Gasteiger partial charge in [-0.2, -0.15) is 0 Å². The van der Waals surface area contributed by atoms with Crippen LogP contribution in [0.2, 0.25) is 0 Å². The van der Waals surface area contributed by atoms with Gasteiger partial charge in [-0.05, 0) is 81.6 Å². The maximum Gasteiger partial charge on any atom is 0.161 e. The lowest BCUT2D eigenvalue weighted by Crippen LogP contribution is -2.44. The normalized spacial score (nSPS) is 18.4. The van der Waals surface area contributed by atoms with Crippen molar-refractivity contribution >= 4 is 10.9 Å². The number of para-hydroxylation sites is 1. The lowest BCUT2D eigenvalue weighted by molar-refractivity contribution is 0.137. The first-order valence-corrected chi connectivity index (χ1v) is 12.9. The summed E-state index contributed by atoms with van der Waals surface area (Å²) in [6.45, 7) is 11.5. The maximum absolute atomic E-state index is 5.68. The molecule has 0 bridgehead atoms. The molecule has 0 saturated heterocycles. The number of methoxy groups -OCH3 is 2. The summed E-state index contributed by atoms with van der Waals surface area (Å²) >= 11 is 0. The van der Waals surface area contributed by atoms with Crippen LogP contribution in [0.15, 0.2) is 42.5 Å². The summed E-state index contributed by atoms with van der Waals surface area (Å²) in [7, 11) is 3.41. The molecular formula is C29H41N3O2. The van der Waals surface area contributed by atoms with Crippen molar-refractivity contribution in [2.24, 2.45) is 0 Å². The molecule has 1 aliphatic rings. The average Bonchev–Trinajstić information content (AvgIpc) is 3.22. The third-order valence-corrected chi connectivity index (χ3v) is 7.21. The first-order chi connectivity index (χ1) is 16.6. The molecule has 0 aliphatic carbocycles. The molecule has 34 heavy (non-hydrogen) atoms. The molecule has 1 aliphatic heterocycles. The molecule has 5 heteroatoms. The smallest absolute Gasteiger partial charge is 0.161 e. The highest BCUT2D eigenvalue weighted by atomic mass is 16.5. The van der Waals surface area contributed by atoms with Crippen LogP contribution >= 0.6 is 0 Å². The van der Waals surface area contributed by atoms with Crippen LogP contribution in [0.3, 0.4) is 0 Å². The molecule has 2 unspecified atom stereocenters. The highest BCUT2D eigenvalue weighted by Crippen LogP contribution is 2.42. The Morgan fingerprint density at radius 3 is 2.41 bits per heavy atom. The van der Waals surface area contributed by atoms with Gasteiger partial charge in [-0.1, -0.05) is 38.1 Å². The van der Waals surface area contributed by atoms with Crippen molar-refractivity contribution in [1.29, 1.82) is 0 Å². The van der Waals surface area contributed by atoms with E-state index in [1.54, 1.807) is 14.2 Å². The van der Waals surface area contributed by atoms with Gasteiger partial charge in [0.2, 0.25) is 0 Å². The number of rotatable bonds is 11. The van der Waals surface area contributed by atoms with Gasteiger partial charge in [0, 0.05) is 29.2 Å². The molecule has 3 aromatic rings. The number of hydrogen-bond donors (Lipinski definition) is 1. The molecule has 1 N–H and O–H groups in total. The molecule has 0 fully saturated rings. The van der Waals surface area contributed by atoms with Crippen LogP contribution in [0, 0.1) is 0 Å². The lowest BCUT2D eigenvalue weighted by Gasteiger charge is -2.41. The molecule has 0 saturated carbocycles. The first-order valence-electron chi connectivity index (χ1n) is 12.9. The van der Waals surface area contributed by atoms with Gasteiger partial charge in [0.1, 0.15) is 0 Å². The number of benzene rings is 2. The Kier molecular flexibility index (Phi) is 8.17. The zero-order valence-electron chi connectivity index (χ0n) is 21.6. The van der Waals surface area contributed by atoms with Crippen molar-refractivity contribution < 1.29 is 9.47 Å². The highest BCUT2D eigenvalue weighted by molar-refractivity contribution is 5.85. The van der Waals surface area contributed by atoms with Crippen LogP contribution in [0.25, 0.3) is 10.9 Å². The fraction of sp³-hybridized carbons (Fsp3) is 0.517. The predicted octanol–water partition coefficient (Wildman–Crippen LogP) is 6.03. The van der Waals surface area contributed by atoms with Crippen LogP contribution in [-0.4, -0.2) is 61.2 Å². The van der Waals surface area contributed by atoms with E-state index in [2.05, 4.69) is 72.0 Å². The van der Waals surface area contributed by atoms with E-state index in [0.29, 0.717) is 6.04 Å². The molecule has 0 spiro atoms. The molecule has 2 atom stereocenters. The number of hydrogen-bond acceptors (Lipinski definition) is 4. The van der Waals surface area contributed by atoms with Crippen molar-refractivity contribution in [3.63, 3.8) is 0 Å². The Labute approximate surface area is 205 Å². The molecule has 1 aromatic heterocycles. The van der Waals surface area contributed by atoms with Gasteiger partial charge in [-0.15, -0.1) is 0 Å². The summed E-state index contributed by atoms with van der Waals surface area (Å²) in [4.78, 5) is 9.11. The van der Waals surface area contributed by atoms with E-state index in [9.17, 15) is 0 Å². The van der Waals surface area contributed by atoms with Gasteiger partial charge >= 0.3 is 0 Å². The SMILES string of the molecule is CCCN(CCC)CCCN1C(C)Cc2c([nH]c3ccccc23)C1c1ccc(OC)c(OC)c1. The van der Waals surface area contributed by atoms with Crippen molar-refractivity contribution in [1.82, 2.24) is 14.8 Å². The Hall–Kier alpha value is -2.50. The summed E-state index contributed by atoms with van der Waals surface area (Å²) < 4.78 is 11.2. The quantitative estimate of drug-likeness (QED) is 0.377. The van der Waals surface area contributed by atoms with Crippen molar-refractivity contribution in [2.45, 2.75) is 58.5 Å². The van der Waals surface area contributed by atoms with E-state index in [-0.39, 0.29) is 6.04 Å². The summed E-state index contributed by atoms with van der Waals surface area (Å²) in [5.74, 6) is 1.56. The molecule has 0 amide bonds. The van der Waals surface area contributed by atoms with Crippen LogP contribution in [-0.2, 0) is 6.42 Å². The van der Waals surface area contributed by atoms with Crippen LogP contribution < -0.4 is 9.47 Å². The Bertz CT molecular complexity index is 1070. The van der Waals surface area contributed by atoms with Gasteiger partial charge in [-0.3, -0.25) is 4.90 Å². The van der Waals surface area contributed by atoms with E-state index in [1.165, 1.54) is 60.1 Å². The summed E-state index contributed by atoms with van der Waals surface area (Å²) in [5, 5.41) is 1.35. The number of aromatic amines is 1. The Morgan fingerprint density at radius 2 is 1.71 bits per heavy atom. The molecule has 184 valence electrons. The van der Waals surface area contributed by atoms with E-state index in [1.807, 2.05) is 6.07 Å². The van der Waals surface area contributed by atoms with Gasteiger partial charge in [0.05, 0.1) is 20.3 Å². The fourth-order valence-electron chi connectivity index (χ4n) is 5.68. The predicted molar refractivity (Wildman–Crippen MR) is 141 cm³/mol. The monoisotopic (exact) mass is 463 g/mol. The minimum Gasteiger partial charge on any atom is -0.493 e. The molecular weight excluding hydrogens is 422 g/mol. The lowest BCUT2D eigenvalue weighted by atomic mass is 9.88. The van der Waals surface area contributed by atoms with E-state index >= 15 is 0 Å². The van der Waals surface area contributed by atoms with Gasteiger partial charge in [0.15, 0.2) is 11.5 Å². The topological polar surface area (TPSA) is 40.7 Å². The van der Waals surface area contributed by atoms with Gasteiger partial charge in [-0.25, -0.2) is 0 Å². The van der Waals surface area contributed by atoms with Crippen LogP contribution in [0.5, 0.6) is 11.5 Å². The van der Waals surface area contributed by atoms with Crippen molar-refractivity contribution in [2.75, 3.05) is 40.4 Å². The Morgan fingerprint density at radius 1 is 0.971 bits per heavy atom. The number of H-pyrrole nitrogens is 1. The first kappa shape index (κ1) is 24.6. The Balaban J connectivity index is 1.69. The van der Waals surface area contributed by atoms with Crippen LogP contribution in [0.4, 0.5) is 0 Å². The zero-order chi connectivity index (χ0) is 24.1. The highest BCUT2D eigenvalue weighted by Gasteiger charge is 2.35. The maximum atomic E-state index is 5.68. The second-order valence-corrected chi connectivity index (χ2v) is 9.57. The summed E-state index contributed by atoms with van der Waals surface area (Å²) in [5.41, 5.74) is 5.25. The number of fused-ring (bicyclic) bond motifs is 3. The molecule has 4 rings (SSSR count). The molecule has 2 aromatic carbocycles. The second kappa shape index (κ2) is 11.3. The third-order valence-electron chi connectivity index (χ3n) is 7.21. The average molecular weight is 464 g/mol. The standard InChI is InChI=1S/C29H41N3O2/c1-6-15-31(16-7-2)17-10-18-32-21(3)19-24-23-11-8-9-12-25(23)30-28(24)29(32)22-13-14-26(33-4)27(20-22)34-5/h8-9,11-14,20-21,29-30H,6-7,10,15-19H2,1-5H3. The van der Waals surface area contributed by atoms with E-state index in [0.717, 1.165) is 31.0 Å². The molecule has 2 heterocycles. The molecule has 0 radical (unpaired) electrons. The largest absolute Gasteiger partial charge is 0.493 e. The van der Waals surface area contributed by atoms with E-state index in [4.69, 9.17) is 9.47 Å². The number of aromatic nitrogens is 1. The zero-order valence-corrected chi connectivity index (χ0v) is 21.6. The minimum atomic E-state index is 0.164. The number of nitrogens with one attached hydrogen (secondary N) is 1. The van der Waals surface area contributed by atoms with Crippen molar-refractivity contribution in [3.8, 4) is 11.5 Å². The van der Waals surface area contributed by atoms with Crippen LogP contribution in [0.1, 0.15) is 62.9 Å². The summed E-state index contributed by atoms with van der Waals surface area (Å²) in [6.07, 6.45) is 4.67. The second-order valence-electron chi connectivity index (χ2n) is 9.57. The minimum absolute atomic E-state index is 0.164. The number of nitrogens with zero attached hydrogens (tertiary/aromatic N) is 2. The van der Waals surface area contributed by atoms with Crippen molar-refractivity contribution in [3.05, 3.63) is 59.3 Å². The van der Waals surface area contributed by atoms with Gasteiger partial charge < -0.3 is 19.4 Å². The number of ether oxygens (including phenoxy) is 2. The summed E-state index contributed by atoms with van der Waals surface area (Å²) in [6, 6.07) is 15.7. The molecule has 5 nitrogen and oxygen atoms in total.